The van der Waals surface area contributed by atoms with E-state index in [1.165, 1.54) is 0 Å². The van der Waals surface area contributed by atoms with Gasteiger partial charge in [0, 0.05) is 0 Å². The zero-order chi connectivity index (χ0) is 7.84. The van der Waals surface area contributed by atoms with Crippen LogP contribution < -0.4 is 5.56 Å². The summed E-state index contributed by atoms with van der Waals surface area (Å²) in [6.07, 6.45) is 0. The number of hydrogen-bond acceptors (Lipinski definition) is 2. The molecule has 1 aromatic carbocycles. The Bertz CT molecular complexity index is 445. The summed E-state index contributed by atoms with van der Waals surface area (Å²) in [5.41, 5.74) is -0.231. The van der Waals surface area contributed by atoms with Crippen LogP contribution in [-0.2, 0) is 0 Å². The van der Waals surface area contributed by atoms with Gasteiger partial charge in [0.05, 0.1) is 10.1 Å². The molecule has 0 atom stereocenters. The van der Waals surface area contributed by atoms with E-state index in [9.17, 15) is 4.79 Å². The number of aromatic nitrogens is 1. The summed E-state index contributed by atoms with van der Waals surface area (Å²) in [6.45, 7) is 0. The van der Waals surface area contributed by atoms with E-state index in [4.69, 9.17) is 1.41 Å². The summed E-state index contributed by atoms with van der Waals surface area (Å²) in [6, 6.07) is 7.24. The molecule has 0 saturated heterocycles. The zero-order valence-electron chi connectivity index (χ0n) is 6.07. The molecule has 0 fully saturated rings. The van der Waals surface area contributed by atoms with Crippen molar-refractivity contribution in [2.45, 2.75) is 0 Å². The van der Waals surface area contributed by atoms with Gasteiger partial charge in [-0.15, -0.1) is 0 Å². The number of aromatic amines is 1. The molecule has 0 bridgehead atoms. The SMILES string of the molecule is [2H]n1sc2ccccc2c1=O. The lowest BCUT2D eigenvalue weighted by Gasteiger charge is -1.79. The van der Waals surface area contributed by atoms with Crippen molar-refractivity contribution < 1.29 is 1.41 Å². The quantitative estimate of drug-likeness (QED) is 0.611. The van der Waals surface area contributed by atoms with Crippen molar-refractivity contribution in [2.75, 3.05) is 0 Å². The first-order valence-corrected chi connectivity index (χ1v) is 3.67. The van der Waals surface area contributed by atoms with Gasteiger partial charge in [-0.1, -0.05) is 23.7 Å². The molecule has 2 rings (SSSR count). The minimum absolute atomic E-state index is 0.231. The van der Waals surface area contributed by atoms with Gasteiger partial charge in [-0.2, -0.15) is 0 Å². The molecule has 2 aromatic rings. The van der Waals surface area contributed by atoms with Crippen molar-refractivity contribution in [3.8, 4) is 0 Å². The lowest BCUT2D eigenvalue weighted by molar-refractivity contribution is 1.46. The minimum Gasteiger partial charge on any atom is -0.277 e. The maximum Gasteiger partial charge on any atom is 0.265 e. The van der Waals surface area contributed by atoms with Crippen molar-refractivity contribution in [1.29, 1.82) is 0 Å². The van der Waals surface area contributed by atoms with Gasteiger partial charge in [-0.05, 0) is 12.1 Å². The van der Waals surface area contributed by atoms with Crippen LogP contribution in [0.1, 0.15) is 0 Å². The van der Waals surface area contributed by atoms with Crippen molar-refractivity contribution in [3.63, 3.8) is 0 Å². The molecule has 0 aliphatic heterocycles. The Morgan fingerprint density at radius 3 is 3.10 bits per heavy atom. The van der Waals surface area contributed by atoms with E-state index in [1.807, 2.05) is 12.1 Å². The van der Waals surface area contributed by atoms with Crippen LogP contribution in [0, 0.1) is 0 Å². The average molecular weight is 152 g/mol. The third-order valence-electron chi connectivity index (χ3n) is 1.34. The van der Waals surface area contributed by atoms with Gasteiger partial charge in [0.1, 0.15) is 0 Å². The van der Waals surface area contributed by atoms with Crippen molar-refractivity contribution >= 4 is 21.6 Å². The molecule has 2 nitrogen and oxygen atoms in total. The first-order chi connectivity index (χ1) is 5.29. The molecule has 0 radical (unpaired) electrons. The number of benzene rings is 1. The zero-order valence-corrected chi connectivity index (χ0v) is 5.89. The molecule has 0 unspecified atom stereocenters. The number of hydrogen-bond donors (Lipinski definition) is 1. The van der Waals surface area contributed by atoms with E-state index in [1.54, 1.807) is 12.1 Å². The topological polar surface area (TPSA) is 32.9 Å². The number of rotatable bonds is 0. The van der Waals surface area contributed by atoms with E-state index in [2.05, 4.69) is 0 Å². The summed E-state index contributed by atoms with van der Waals surface area (Å²) >= 11 is 1.15. The van der Waals surface area contributed by atoms with Crippen LogP contribution in [0.2, 0.25) is 1.41 Å². The van der Waals surface area contributed by atoms with Crippen LogP contribution in [0.5, 0.6) is 0 Å². The normalized spacial score (nSPS) is 11.8. The predicted molar refractivity (Wildman–Crippen MR) is 42.4 cm³/mol. The number of H-pyrrole nitrogens is 1. The maximum atomic E-state index is 11.1. The molecule has 0 aliphatic rings. The van der Waals surface area contributed by atoms with Crippen LogP contribution in [0.4, 0.5) is 0 Å². The Morgan fingerprint density at radius 1 is 1.50 bits per heavy atom. The molecule has 0 amide bonds. The fourth-order valence-corrected chi connectivity index (χ4v) is 1.54. The lowest BCUT2D eigenvalue weighted by Crippen LogP contribution is -1.94. The highest BCUT2D eigenvalue weighted by Crippen LogP contribution is 2.11. The highest BCUT2D eigenvalue weighted by molar-refractivity contribution is 7.13. The molecule has 0 spiro atoms. The highest BCUT2D eigenvalue weighted by Gasteiger charge is 1.96. The Morgan fingerprint density at radius 2 is 2.30 bits per heavy atom. The molecule has 0 saturated carbocycles. The molecular formula is C7H5NOS. The van der Waals surface area contributed by atoms with Crippen LogP contribution in [-0.4, -0.2) is 4.37 Å². The molecule has 1 aromatic heterocycles. The minimum atomic E-state index is -0.231. The number of nitrogens with one attached hydrogen (secondary N) is 1. The maximum absolute atomic E-state index is 11.1. The first kappa shape index (κ1) is 4.68. The second-order valence-corrected chi connectivity index (χ2v) is 2.79. The second kappa shape index (κ2) is 1.95. The van der Waals surface area contributed by atoms with Crippen LogP contribution in [0.3, 0.4) is 0 Å². The predicted octanol–water partition coefficient (Wildman–Crippen LogP) is 1.59. The Kier molecular flexibility index (Phi) is 0.914. The van der Waals surface area contributed by atoms with Gasteiger partial charge >= 0.3 is 0 Å². The summed E-state index contributed by atoms with van der Waals surface area (Å²) in [5, 5.41) is 0.632. The van der Waals surface area contributed by atoms with Gasteiger partial charge in [0.25, 0.3) is 5.56 Å². The van der Waals surface area contributed by atoms with Crippen LogP contribution in [0.15, 0.2) is 29.1 Å². The van der Waals surface area contributed by atoms with E-state index >= 15 is 0 Å². The average Bonchev–Trinajstić information content (AvgIpc) is 2.30. The standard InChI is InChI=1S/C7H5NOS/c9-7-5-3-1-2-4-6(5)10-8-7/h1-4H,(H,8,9)/i/hD. The molecular weight excluding hydrogens is 146 g/mol. The summed E-state index contributed by atoms with van der Waals surface area (Å²) < 4.78 is 8.93. The third-order valence-corrected chi connectivity index (χ3v) is 2.15. The number of fused-ring (bicyclic) bond motifs is 1. The van der Waals surface area contributed by atoms with Crippen molar-refractivity contribution in [1.82, 2.24) is 4.37 Å². The molecule has 0 aliphatic carbocycles. The van der Waals surface area contributed by atoms with Gasteiger partial charge in [0.2, 0.25) is 0 Å². The van der Waals surface area contributed by atoms with Gasteiger partial charge in [-0.3, -0.25) is 9.16 Å². The highest BCUT2D eigenvalue weighted by atomic mass is 32.1. The van der Waals surface area contributed by atoms with Gasteiger partial charge in [-0.25, -0.2) is 0 Å². The van der Waals surface area contributed by atoms with Crippen molar-refractivity contribution in [2.24, 2.45) is 0 Å². The van der Waals surface area contributed by atoms with Crippen molar-refractivity contribution in [3.05, 3.63) is 34.6 Å². The lowest BCUT2D eigenvalue weighted by atomic mass is 10.3. The fourth-order valence-electron chi connectivity index (χ4n) is 0.863. The molecule has 1 N–H and O–H groups in total. The van der Waals surface area contributed by atoms with Gasteiger partial charge in [0.15, 0.2) is 1.41 Å². The van der Waals surface area contributed by atoms with Gasteiger partial charge < -0.3 is 0 Å². The Balaban J connectivity index is 3.04. The smallest absolute Gasteiger partial charge is 0.265 e. The third kappa shape index (κ3) is 0.675. The summed E-state index contributed by atoms with van der Waals surface area (Å²) in [4.78, 5) is 11.1. The van der Waals surface area contributed by atoms with Crippen LogP contribution >= 0.6 is 11.5 Å². The Labute approximate surface area is 62.7 Å². The summed E-state index contributed by atoms with van der Waals surface area (Å²) in [5.74, 6) is 0. The van der Waals surface area contributed by atoms with E-state index < -0.39 is 0 Å². The van der Waals surface area contributed by atoms with E-state index in [0.717, 1.165) is 20.6 Å². The van der Waals surface area contributed by atoms with E-state index in [0.29, 0.717) is 5.39 Å². The summed E-state index contributed by atoms with van der Waals surface area (Å²) in [7, 11) is 0. The molecule has 1 heterocycles. The Hall–Kier alpha value is -1.09. The first-order valence-electron chi connectivity index (χ1n) is 3.34. The second-order valence-electron chi connectivity index (χ2n) is 1.98. The monoisotopic (exact) mass is 152 g/mol. The fraction of sp³-hybridized carbons (Fsp3) is 0. The largest absolute Gasteiger partial charge is 0.277 e. The molecule has 50 valence electrons. The molecule has 3 heteroatoms. The van der Waals surface area contributed by atoms with E-state index in [-0.39, 0.29) is 5.56 Å². The molecule has 10 heavy (non-hydrogen) atoms. The van der Waals surface area contributed by atoms with Crippen LogP contribution in [0.25, 0.3) is 10.1 Å².